The number of piperidine rings is 1. The number of nitroso groups, excluding NO2 is 1. The Morgan fingerprint density at radius 2 is 2.13 bits per heavy atom. The van der Waals surface area contributed by atoms with E-state index in [1.54, 1.807) is 12.9 Å². The molecule has 0 bridgehead atoms. The SMILES string of the molecule is CC(=C=O)C(CN1CCC(C)CC1)N=O. The molecule has 1 aliphatic rings. The Morgan fingerprint density at radius 1 is 1.53 bits per heavy atom. The quantitative estimate of drug-likeness (QED) is 0.523. The lowest BCUT2D eigenvalue weighted by Crippen LogP contribution is -2.38. The van der Waals surface area contributed by atoms with Crippen molar-refractivity contribution in [3.05, 3.63) is 10.5 Å². The molecule has 1 aliphatic heterocycles. The minimum atomic E-state index is -0.518. The number of rotatable bonds is 4. The first-order chi connectivity index (χ1) is 7.17. The van der Waals surface area contributed by atoms with Crippen LogP contribution in [-0.2, 0) is 4.79 Å². The second-order valence-electron chi connectivity index (χ2n) is 4.39. The molecule has 0 spiro atoms. The van der Waals surface area contributed by atoms with Crippen molar-refractivity contribution >= 4 is 5.94 Å². The van der Waals surface area contributed by atoms with Crippen LogP contribution in [0.3, 0.4) is 0 Å². The van der Waals surface area contributed by atoms with E-state index in [2.05, 4.69) is 17.0 Å². The van der Waals surface area contributed by atoms with Crippen molar-refractivity contribution in [2.24, 2.45) is 11.1 Å². The van der Waals surface area contributed by atoms with Crippen LogP contribution in [0.4, 0.5) is 0 Å². The second kappa shape index (κ2) is 5.79. The van der Waals surface area contributed by atoms with Gasteiger partial charge in [-0.1, -0.05) is 12.1 Å². The van der Waals surface area contributed by atoms with E-state index in [9.17, 15) is 9.70 Å². The summed E-state index contributed by atoms with van der Waals surface area (Å²) in [5, 5.41) is 2.98. The van der Waals surface area contributed by atoms with Gasteiger partial charge >= 0.3 is 0 Å². The number of nitrogens with zero attached hydrogens (tertiary/aromatic N) is 2. The molecular weight excluding hydrogens is 192 g/mol. The van der Waals surface area contributed by atoms with Gasteiger partial charge in [-0.15, -0.1) is 0 Å². The summed E-state index contributed by atoms with van der Waals surface area (Å²) in [7, 11) is 0. The first kappa shape index (κ1) is 12.1. The zero-order chi connectivity index (χ0) is 11.3. The van der Waals surface area contributed by atoms with Gasteiger partial charge in [0.1, 0.15) is 12.0 Å². The lowest BCUT2D eigenvalue weighted by molar-refractivity contribution is 0.188. The highest BCUT2D eigenvalue weighted by molar-refractivity contribution is 5.53. The zero-order valence-electron chi connectivity index (χ0n) is 9.40. The highest BCUT2D eigenvalue weighted by Gasteiger charge is 2.21. The van der Waals surface area contributed by atoms with Crippen molar-refractivity contribution in [2.75, 3.05) is 19.6 Å². The van der Waals surface area contributed by atoms with Crippen molar-refractivity contribution in [2.45, 2.75) is 32.7 Å². The first-order valence-corrected chi connectivity index (χ1v) is 5.43. The van der Waals surface area contributed by atoms with Crippen molar-refractivity contribution in [3.63, 3.8) is 0 Å². The summed E-state index contributed by atoms with van der Waals surface area (Å²) in [6.45, 7) is 6.42. The number of carbonyl (C=O) groups excluding carboxylic acids is 1. The maximum absolute atomic E-state index is 10.6. The molecule has 1 unspecified atom stereocenters. The fraction of sp³-hybridized carbons (Fsp3) is 0.818. The highest BCUT2D eigenvalue weighted by Crippen LogP contribution is 2.17. The van der Waals surface area contributed by atoms with E-state index in [1.807, 2.05) is 0 Å². The predicted molar refractivity (Wildman–Crippen MR) is 59.3 cm³/mol. The Balaban J connectivity index is 2.46. The van der Waals surface area contributed by atoms with Crippen molar-refractivity contribution in [3.8, 4) is 0 Å². The molecule has 0 saturated carbocycles. The molecule has 0 aromatic heterocycles. The molecule has 1 rings (SSSR count). The molecule has 84 valence electrons. The molecule has 0 N–H and O–H groups in total. The highest BCUT2D eigenvalue weighted by atomic mass is 16.3. The fourth-order valence-corrected chi connectivity index (χ4v) is 1.81. The van der Waals surface area contributed by atoms with Gasteiger partial charge < -0.3 is 4.90 Å². The third-order valence-corrected chi connectivity index (χ3v) is 3.10. The predicted octanol–water partition coefficient (Wildman–Crippen LogP) is 1.63. The smallest absolute Gasteiger partial charge is 0.136 e. The minimum Gasteiger partial charge on any atom is -0.301 e. The second-order valence-corrected chi connectivity index (χ2v) is 4.39. The van der Waals surface area contributed by atoms with E-state index in [4.69, 9.17) is 0 Å². The molecule has 1 saturated heterocycles. The Hall–Kier alpha value is -0.990. The van der Waals surface area contributed by atoms with E-state index in [1.165, 1.54) is 0 Å². The largest absolute Gasteiger partial charge is 0.301 e. The van der Waals surface area contributed by atoms with Crippen LogP contribution in [0.2, 0.25) is 0 Å². The van der Waals surface area contributed by atoms with Crippen molar-refractivity contribution < 1.29 is 4.79 Å². The van der Waals surface area contributed by atoms with Gasteiger partial charge in [0, 0.05) is 12.1 Å². The molecule has 1 atom stereocenters. The van der Waals surface area contributed by atoms with Crippen LogP contribution in [0, 0.1) is 10.8 Å². The Bertz CT molecular complexity index is 264. The molecule has 0 aromatic rings. The molecule has 0 aliphatic carbocycles. The van der Waals surface area contributed by atoms with Crippen LogP contribution in [0.25, 0.3) is 0 Å². The lowest BCUT2D eigenvalue weighted by Gasteiger charge is -2.31. The van der Waals surface area contributed by atoms with E-state index in [0.29, 0.717) is 12.1 Å². The number of likely N-dealkylation sites (tertiary alicyclic amines) is 1. The van der Waals surface area contributed by atoms with E-state index in [0.717, 1.165) is 31.8 Å². The van der Waals surface area contributed by atoms with Gasteiger partial charge in [0.15, 0.2) is 0 Å². The molecule has 15 heavy (non-hydrogen) atoms. The summed E-state index contributed by atoms with van der Waals surface area (Å²) in [6, 6.07) is -0.518. The molecule has 1 fully saturated rings. The average Bonchev–Trinajstić information content (AvgIpc) is 2.27. The topological polar surface area (TPSA) is 49.7 Å². The maximum atomic E-state index is 10.6. The average molecular weight is 210 g/mol. The molecule has 1 heterocycles. The monoisotopic (exact) mass is 210 g/mol. The number of hydrogen-bond donors (Lipinski definition) is 0. The van der Waals surface area contributed by atoms with Crippen LogP contribution in [0.15, 0.2) is 10.7 Å². The van der Waals surface area contributed by atoms with Gasteiger partial charge in [-0.25, -0.2) is 4.79 Å². The summed E-state index contributed by atoms with van der Waals surface area (Å²) in [4.78, 5) is 23.2. The third-order valence-electron chi connectivity index (χ3n) is 3.10. The molecule has 0 radical (unpaired) electrons. The lowest BCUT2D eigenvalue weighted by atomic mass is 9.98. The van der Waals surface area contributed by atoms with Gasteiger partial charge in [-0.3, -0.25) is 0 Å². The standard InChI is InChI=1S/C11H18N2O2/c1-9-3-5-13(6-4-9)7-11(12-15)10(2)8-14/h9,11H,3-7H2,1-2H3. The molecule has 4 heteroatoms. The maximum Gasteiger partial charge on any atom is 0.136 e. The minimum absolute atomic E-state index is 0.406. The van der Waals surface area contributed by atoms with Crippen LogP contribution in [0.1, 0.15) is 26.7 Å². The van der Waals surface area contributed by atoms with Crippen LogP contribution in [-0.4, -0.2) is 36.5 Å². The fourth-order valence-electron chi connectivity index (χ4n) is 1.81. The normalized spacial score (nSPS) is 20.7. The van der Waals surface area contributed by atoms with Crippen LogP contribution < -0.4 is 0 Å². The summed E-state index contributed by atoms with van der Waals surface area (Å²) < 4.78 is 0. The Labute approximate surface area is 90.3 Å². The summed E-state index contributed by atoms with van der Waals surface area (Å²) >= 11 is 0. The van der Waals surface area contributed by atoms with E-state index < -0.39 is 6.04 Å². The van der Waals surface area contributed by atoms with Crippen LogP contribution >= 0.6 is 0 Å². The zero-order valence-corrected chi connectivity index (χ0v) is 9.40. The van der Waals surface area contributed by atoms with E-state index >= 15 is 0 Å². The van der Waals surface area contributed by atoms with Crippen LogP contribution in [0.5, 0.6) is 0 Å². The third kappa shape index (κ3) is 3.57. The van der Waals surface area contributed by atoms with E-state index in [-0.39, 0.29) is 0 Å². The van der Waals surface area contributed by atoms with Gasteiger partial charge in [-0.05, 0) is 38.8 Å². The van der Waals surface area contributed by atoms with Crippen molar-refractivity contribution in [1.82, 2.24) is 4.90 Å². The molecular formula is C11H18N2O2. The summed E-state index contributed by atoms with van der Waals surface area (Å²) in [5.74, 6) is 2.53. The van der Waals surface area contributed by atoms with Gasteiger partial charge in [0.05, 0.1) is 0 Å². The van der Waals surface area contributed by atoms with Crippen molar-refractivity contribution in [1.29, 1.82) is 0 Å². The summed E-state index contributed by atoms with van der Waals surface area (Å²) in [5.41, 5.74) is 0.406. The van der Waals surface area contributed by atoms with Gasteiger partial charge in [-0.2, -0.15) is 4.91 Å². The number of hydrogen-bond acceptors (Lipinski definition) is 4. The Morgan fingerprint density at radius 3 is 2.60 bits per heavy atom. The van der Waals surface area contributed by atoms with Gasteiger partial charge in [0.25, 0.3) is 0 Å². The Kier molecular flexibility index (Phi) is 4.66. The first-order valence-electron chi connectivity index (χ1n) is 5.43. The molecule has 0 aromatic carbocycles. The molecule has 0 amide bonds. The van der Waals surface area contributed by atoms with Gasteiger partial charge in [0.2, 0.25) is 0 Å². The molecule has 4 nitrogen and oxygen atoms in total. The summed E-state index contributed by atoms with van der Waals surface area (Å²) in [6.07, 6.45) is 2.32.